The number of nitrogens with zero attached hydrogens (tertiary/aromatic N) is 2. The number of hydrogen-bond donors (Lipinski definition) is 1. The van der Waals surface area contributed by atoms with Crippen molar-refractivity contribution >= 4 is 17.0 Å². The number of alkyl halides is 3. The lowest BCUT2D eigenvalue weighted by Gasteiger charge is -2.41. The Kier molecular flexibility index (Phi) is 3.15. The van der Waals surface area contributed by atoms with Crippen LogP contribution < -0.4 is 5.73 Å². The molecule has 0 atom stereocenters. The molecule has 0 unspecified atom stereocenters. The van der Waals surface area contributed by atoms with Crippen LogP contribution in [0.2, 0.25) is 0 Å². The molecule has 3 nitrogen and oxygen atoms in total. The summed E-state index contributed by atoms with van der Waals surface area (Å²) in [5.41, 5.74) is 6.46. The largest absolute Gasteiger partial charge is 0.416 e. The summed E-state index contributed by atoms with van der Waals surface area (Å²) in [6.45, 7) is 2.88. The molecule has 1 aromatic carbocycles. The van der Waals surface area contributed by atoms with E-state index in [-0.39, 0.29) is 5.41 Å². The van der Waals surface area contributed by atoms with Crippen molar-refractivity contribution in [3.05, 3.63) is 23.8 Å². The molecular formula is C15H18F3N3. The minimum Gasteiger partial charge on any atom is -0.369 e. The zero-order chi connectivity index (χ0) is 15.3. The number of anilines is 1. The predicted octanol–water partition coefficient (Wildman–Crippen LogP) is 4.22. The fraction of sp³-hybridized carbons (Fsp3) is 0.533. The molecule has 1 aromatic heterocycles. The topological polar surface area (TPSA) is 43.8 Å². The van der Waals surface area contributed by atoms with Crippen molar-refractivity contribution in [3.8, 4) is 0 Å². The van der Waals surface area contributed by atoms with Gasteiger partial charge in [-0.05, 0) is 42.9 Å². The molecule has 6 heteroatoms. The van der Waals surface area contributed by atoms with Crippen LogP contribution in [0, 0.1) is 5.41 Å². The van der Waals surface area contributed by atoms with E-state index in [2.05, 4.69) is 11.9 Å². The average molecular weight is 297 g/mol. The van der Waals surface area contributed by atoms with Gasteiger partial charge in [0, 0.05) is 6.54 Å². The van der Waals surface area contributed by atoms with Crippen LogP contribution in [0.15, 0.2) is 18.2 Å². The fourth-order valence-electron chi connectivity index (χ4n) is 3.13. The highest BCUT2D eigenvalue weighted by Gasteiger charge is 2.36. The van der Waals surface area contributed by atoms with Gasteiger partial charge in [-0.2, -0.15) is 13.2 Å². The standard InChI is InChI=1S/C15H18F3N3/c1-2-14(6-3-7-14)9-21-12-5-4-10(15(16,17)18)8-11(12)20-13(21)19/h4-5,8H,2-3,6-7,9H2,1H3,(H2,19,20). The monoisotopic (exact) mass is 297 g/mol. The minimum absolute atomic E-state index is 0.227. The van der Waals surface area contributed by atoms with E-state index in [4.69, 9.17) is 5.73 Å². The van der Waals surface area contributed by atoms with Gasteiger partial charge in [-0.15, -0.1) is 0 Å². The maximum Gasteiger partial charge on any atom is 0.416 e. The Bertz CT molecular complexity index is 663. The first-order valence-corrected chi connectivity index (χ1v) is 7.18. The van der Waals surface area contributed by atoms with E-state index in [0.717, 1.165) is 37.9 Å². The van der Waals surface area contributed by atoms with Gasteiger partial charge in [-0.3, -0.25) is 0 Å². The third-order valence-electron chi connectivity index (χ3n) is 4.76. The lowest BCUT2D eigenvalue weighted by molar-refractivity contribution is -0.137. The molecular weight excluding hydrogens is 279 g/mol. The highest BCUT2D eigenvalue weighted by Crippen LogP contribution is 2.46. The summed E-state index contributed by atoms with van der Waals surface area (Å²) in [5.74, 6) is 0.295. The number of rotatable bonds is 3. The Morgan fingerprint density at radius 1 is 1.33 bits per heavy atom. The molecule has 0 saturated heterocycles. The Balaban J connectivity index is 2.02. The Labute approximate surface area is 121 Å². The predicted molar refractivity (Wildman–Crippen MR) is 75.7 cm³/mol. The molecule has 1 fully saturated rings. The second kappa shape index (κ2) is 4.64. The third-order valence-corrected chi connectivity index (χ3v) is 4.76. The van der Waals surface area contributed by atoms with E-state index >= 15 is 0 Å². The maximum atomic E-state index is 12.7. The van der Waals surface area contributed by atoms with Crippen molar-refractivity contribution in [2.75, 3.05) is 5.73 Å². The van der Waals surface area contributed by atoms with E-state index < -0.39 is 11.7 Å². The summed E-state index contributed by atoms with van der Waals surface area (Å²) in [5, 5.41) is 0. The number of halogens is 3. The Morgan fingerprint density at radius 3 is 2.57 bits per heavy atom. The number of benzene rings is 1. The van der Waals surface area contributed by atoms with Gasteiger partial charge >= 0.3 is 6.18 Å². The van der Waals surface area contributed by atoms with Crippen LogP contribution >= 0.6 is 0 Å². The van der Waals surface area contributed by atoms with Crippen molar-refractivity contribution < 1.29 is 13.2 Å². The lowest BCUT2D eigenvalue weighted by atomic mass is 9.67. The summed E-state index contributed by atoms with van der Waals surface area (Å²) < 4.78 is 40.1. The number of imidazole rings is 1. The molecule has 2 aromatic rings. The van der Waals surface area contributed by atoms with Crippen molar-refractivity contribution in [2.45, 2.75) is 45.3 Å². The number of aromatic nitrogens is 2. The lowest BCUT2D eigenvalue weighted by Crippen LogP contribution is -2.33. The molecule has 0 radical (unpaired) electrons. The van der Waals surface area contributed by atoms with Gasteiger partial charge in [-0.1, -0.05) is 13.3 Å². The molecule has 1 saturated carbocycles. The van der Waals surface area contributed by atoms with Gasteiger partial charge in [0.25, 0.3) is 0 Å². The van der Waals surface area contributed by atoms with Crippen molar-refractivity contribution in [2.24, 2.45) is 5.41 Å². The molecule has 0 bridgehead atoms. The first-order valence-electron chi connectivity index (χ1n) is 7.18. The maximum absolute atomic E-state index is 12.7. The van der Waals surface area contributed by atoms with E-state index in [1.165, 1.54) is 12.5 Å². The summed E-state index contributed by atoms with van der Waals surface area (Å²) >= 11 is 0. The van der Waals surface area contributed by atoms with E-state index in [1.807, 2.05) is 4.57 Å². The first kappa shape index (κ1) is 14.2. The van der Waals surface area contributed by atoms with Crippen LogP contribution in [0.5, 0.6) is 0 Å². The second-order valence-electron chi connectivity index (χ2n) is 5.96. The van der Waals surface area contributed by atoms with Crippen LogP contribution in [0.1, 0.15) is 38.2 Å². The minimum atomic E-state index is -4.36. The van der Waals surface area contributed by atoms with Crippen LogP contribution in [0.25, 0.3) is 11.0 Å². The van der Waals surface area contributed by atoms with Crippen LogP contribution in [-0.2, 0) is 12.7 Å². The molecule has 0 aliphatic heterocycles. The Hall–Kier alpha value is -1.72. The SMILES string of the molecule is CCC1(Cn2c(N)nc3cc(C(F)(F)F)ccc32)CCC1. The van der Waals surface area contributed by atoms with Gasteiger partial charge in [0.1, 0.15) is 0 Å². The summed E-state index contributed by atoms with van der Waals surface area (Å²) in [6.07, 6.45) is 0.184. The quantitative estimate of drug-likeness (QED) is 0.922. The van der Waals surface area contributed by atoms with Crippen LogP contribution in [-0.4, -0.2) is 9.55 Å². The van der Waals surface area contributed by atoms with Crippen LogP contribution in [0.3, 0.4) is 0 Å². The molecule has 3 rings (SSSR count). The molecule has 114 valence electrons. The molecule has 0 amide bonds. The smallest absolute Gasteiger partial charge is 0.369 e. The normalized spacial score (nSPS) is 17.9. The first-order chi connectivity index (χ1) is 9.85. The summed E-state index contributed by atoms with van der Waals surface area (Å²) in [7, 11) is 0. The van der Waals surface area contributed by atoms with E-state index in [1.54, 1.807) is 0 Å². The average Bonchev–Trinajstić information content (AvgIpc) is 2.67. The molecule has 21 heavy (non-hydrogen) atoms. The van der Waals surface area contributed by atoms with Gasteiger partial charge in [0.05, 0.1) is 16.6 Å². The number of nitrogens with two attached hydrogens (primary N) is 1. The van der Waals surface area contributed by atoms with Gasteiger partial charge < -0.3 is 10.3 Å². The zero-order valence-electron chi connectivity index (χ0n) is 11.9. The van der Waals surface area contributed by atoms with Crippen LogP contribution in [0.4, 0.5) is 19.1 Å². The molecule has 1 aliphatic carbocycles. The van der Waals surface area contributed by atoms with Crippen molar-refractivity contribution in [3.63, 3.8) is 0 Å². The van der Waals surface area contributed by atoms with E-state index in [9.17, 15) is 13.2 Å². The Morgan fingerprint density at radius 2 is 2.05 bits per heavy atom. The number of hydrogen-bond acceptors (Lipinski definition) is 2. The van der Waals surface area contributed by atoms with Gasteiger partial charge in [0.2, 0.25) is 5.95 Å². The highest BCUT2D eigenvalue weighted by molar-refractivity contribution is 5.79. The number of nitrogen functional groups attached to an aromatic ring is 1. The summed E-state index contributed by atoms with van der Waals surface area (Å²) in [4.78, 5) is 4.10. The van der Waals surface area contributed by atoms with Gasteiger partial charge in [0.15, 0.2) is 0 Å². The third kappa shape index (κ3) is 2.36. The molecule has 2 N–H and O–H groups in total. The summed E-state index contributed by atoms with van der Waals surface area (Å²) in [6, 6.07) is 3.64. The highest BCUT2D eigenvalue weighted by atomic mass is 19.4. The van der Waals surface area contributed by atoms with Gasteiger partial charge in [-0.25, -0.2) is 4.98 Å². The fourth-order valence-corrected chi connectivity index (χ4v) is 3.13. The van der Waals surface area contributed by atoms with Crippen molar-refractivity contribution in [1.29, 1.82) is 0 Å². The van der Waals surface area contributed by atoms with E-state index in [0.29, 0.717) is 17.0 Å². The number of fused-ring (bicyclic) bond motifs is 1. The second-order valence-corrected chi connectivity index (χ2v) is 5.96. The van der Waals surface area contributed by atoms with Crippen molar-refractivity contribution in [1.82, 2.24) is 9.55 Å². The molecule has 1 aliphatic rings. The molecule has 0 spiro atoms. The zero-order valence-corrected chi connectivity index (χ0v) is 11.9. The molecule has 1 heterocycles.